The molecule has 0 radical (unpaired) electrons. The summed E-state index contributed by atoms with van der Waals surface area (Å²) < 4.78 is 1.98. The summed E-state index contributed by atoms with van der Waals surface area (Å²) >= 11 is 0. The average Bonchev–Trinajstić information content (AvgIpc) is 2.82. The topological polar surface area (TPSA) is 29.9 Å². The molecule has 1 N–H and O–H groups in total. The third kappa shape index (κ3) is 2.69. The van der Waals surface area contributed by atoms with Crippen LogP contribution in [0, 0.1) is 6.92 Å². The van der Waals surface area contributed by atoms with Crippen LogP contribution in [0.3, 0.4) is 0 Å². The molecule has 3 heteroatoms. The quantitative estimate of drug-likeness (QED) is 0.793. The number of aromatic nitrogens is 2. The van der Waals surface area contributed by atoms with E-state index in [0.29, 0.717) is 0 Å². The van der Waals surface area contributed by atoms with E-state index < -0.39 is 0 Å². The molecule has 3 nitrogen and oxygen atoms in total. The molecule has 1 atom stereocenters. The lowest BCUT2D eigenvalue weighted by Crippen LogP contribution is -2.20. The van der Waals surface area contributed by atoms with Crippen molar-refractivity contribution in [2.45, 2.75) is 19.4 Å². The Balaban J connectivity index is 2.00. The van der Waals surface area contributed by atoms with Crippen molar-refractivity contribution in [3.05, 3.63) is 65.5 Å². The van der Waals surface area contributed by atoms with Crippen LogP contribution in [0.1, 0.15) is 23.0 Å². The number of nitrogens with one attached hydrogen (secondary N) is 1. The van der Waals surface area contributed by atoms with Gasteiger partial charge in [0.2, 0.25) is 0 Å². The second-order valence-electron chi connectivity index (χ2n) is 5.51. The van der Waals surface area contributed by atoms with Crippen molar-refractivity contribution < 1.29 is 0 Å². The zero-order chi connectivity index (χ0) is 14.8. The second-order valence-corrected chi connectivity index (χ2v) is 5.51. The number of likely N-dealkylation sites (N-methyl/N-ethyl adjacent to an activating group) is 1. The van der Waals surface area contributed by atoms with E-state index in [9.17, 15) is 0 Å². The first kappa shape index (κ1) is 13.8. The van der Waals surface area contributed by atoms with E-state index in [4.69, 9.17) is 0 Å². The van der Waals surface area contributed by atoms with Gasteiger partial charge in [-0.25, -0.2) is 0 Å². The van der Waals surface area contributed by atoms with Crippen molar-refractivity contribution in [3.63, 3.8) is 0 Å². The second kappa shape index (κ2) is 5.70. The molecule has 0 saturated heterocycles. The van der Waals surface area contributed by atoms with Gasteiger partial charge in [0.15, 0.2) is 0 Å². The fourth-order valence-corrected chi connectivity index (χ4v) is 2.99. The summed E-state index contributed by atoms with van der Waals surface area (Å²) in [6.07, 6.45) is 0.932. The normalized spacial score (nSPS) is 12.7. The molecule has 0 fully saturated rings. The molecule has 0 amide bonds. The summed E-state index contributed by atoms with van der Waals surface area (Å²) in [6, 6.07) is 17.5. The summed E-state index contributed by atoms with van der Waals surface area (Å²) in [6.45, 7) is 2.04. The fraction of sp³-hybridized carbons (Fsp3) is 0.278. The third-order valence-electron chi connectivity index (χ3n) is 4.06. The lowest BCUT2D eigenvalue weighted by Gasteiger charge is -2.19. The van der Waals surface area contributed by atoms with Crippen LogP contribution in [-0.2, 0) is 13.5 Å². The summed E-state index contributed by atoms with van der Waals surface area (Å²) in [5, 5.41) is 10.5. The summed E-state index contributed by atoms with van der Waals surface area (Å²) in [7, 11) is 4.04. The van der Waals surface area contributed by atoms with Crippen LogP contribution >= 0.6 is 0 Å². The van der Waals surface area contributed by atoms with Gasteiger partial charge in [-0.05, 0) is 36.4 Å². The Hall–Kier alpha value is -2.13. The first-order chi connectivity index (χ1) is 10.2. The van der Waals surface area contributed by atoms with Crippen LogP contribution in [0.4, 0.5) is 0 Å². The highest BCUT2D eigenvalue weighted by Gasteiger charge is 2.15. The molecule has 1 unspecified atom stereocenters. The standard InChI is InChI=1S/C18H21N3/c1-13-11-15(21(3)20-13)12-18(19-2)17-10-6-8-14-7-4-5-9-16(14)17/h4-11,18-19H,12H2,1-3H3. The molecule has 0 spiro atoms. The van der Waals surface area contributed by atoms with E-state index in [2.05, 4.69) is 58.9 Å². The largest absolute Gasteiger partial charge is 0.313 e. The van der Waals surface area contributed by atoms with Crippen LogP contribution in [0.2, 0.25) is 0 Å². The lowest BCUT2D eigenvalue weighted by molar-refractivity contribution is 0.564. The minimum atomic E-state index is 0.283. The Morgan fingerprint density at radius 3 is 2.62 bits per heavy atom. The number of nitrogens with zero attached hydrogens (tertiary/aromatic N) is 2. The van der Waals surface area contributed by atoms with Crippen LogP contribution in [0.15, 0.2) is 48.5 Å². The molecule has 0 saturated carbocycles. The number of rotatable bonds is 4. The monoisotopic (exact) mass is 279 g/mol. The number of hydrogen-bond acceptors (Lipinski definition) is 2. The number of benzene rings is 2. The highest BCUT2D eigenvalue weighted by molar-refractivity contribution is 5.86. The van der Waals surface area contributed by atoms with Gasteiger partial charge >= 0.3 is 0 Å². The molecule has 0 aliphatic carbocycles. The van der Waals surface area contributed by atoms with E-state index in [1.807, 2.05) is 25.7 Å². The molecule has 3 aromatic rings. The van der Waals surface area contributed by atoms with Crippen molar-refractivity contribution in [1.29, 1.82) is 0 Å². The first-order valence-electron chi connectivity index (χ1n) is 7.33. The van der Waals surface area contributed by atoms with Crippen LogP contribution in [-0.4, -0.2) is 16.8 Å². The smallest absolute Gasteiger partial charge is 0.0596 e. The molecule has 1 aromatic heterocycles. The zero-order valence-corrected chi connectivity index (χ0v) is 12.8. The maximum absolute atomic E-state index is 4.44. The maximum atomic E-state index is 4.44. The van der Waals surface area contributed by atoms with Gasteiger partial charge in [-0.2, -0.15) is 5.10 Å². The highest BCUT2D eigenvalue weighted by atomic mass is 15.3. The molecular weight excluding hydrogens is 258 g/mol. The molecule has 3 rings (SSSR count). The molecule has 1 heterocycles. The number of aryl methyl sites for hydroxylation is 2. The predicted molar refractivity (Wildman–Crippen MR) is 87.4 cm³/mol. The van der Waals surface area contributed by atoms with Crippen molar-refractivity contribution in [2.75, 3.05) is 7.05 Å². The number of hydrogen-bond donors (Lipinski definition) is 1. The minimum Gasteiger partial charge on any atom is -0.313 e. The summed E-state index contributed by atoms with van der Waals surface area (Å²) in [5.41, 5.74) is 3.66. The fourth-order valence-electron chi connectivity index (χ4n) is 2.99. The average molecular weight is 279 g/mol. The van der Waals surface area contributed by atoms with Crippen LogP contribution < -0.4 is 5.32 Å². The van der Waals surface area contributed by atoms with Gasteiger partial charge < -0.3 is 5.32 Å². The van der Waals surface area contributed by atoms with Crippen LogP contribution in [0.5, 0.6) is 0 Å². The van der Waals surface area contributed by atoms with Crippen molar-refractivity contribution in [1.82, 2.24) is 15.1 Å². The van der Waals surface area contributed by atoms with Crippen molar-refractivity contribution >= 4 is 10.8 Å². The van der Waals surface area contributed by atoms with Crippen molar-refractivity contribution in [3.8, 4) is 0 Å². The van der Waals surface area contributed by atoms with Gasteiger partial charge in [0.25, 0.3) is 0 Å². The third-order valence-corrected chi connectivity index (χ3v) is 4.06. The molecule has 2 aromatic carbocycles. The Labute approximate surface area is 125 Å². The van der Waals surface area contributed by atoms with E-state index in [1.165, 1.54) is 22.0 Å². The lowest BCUT2D eigenvalue weighted by atomic mass is 9.96. The Morgan fingerprint density at radius 1 is 1.14 bits per heavy atom. The van der Waals surface area contributed by atoms with Gasteiger partial charge in [0.1, 0.15) is 0 Å². The van der Waals surface area contributed by atoms with E-state index >= 15 is 0 Å². The van der Waals surface area contributed by atoms with Crippen molar-refractivity contribution in [2.24, 2.45) is 7.05 Å². The Kier molecular flexibility index (Phi) is 3.76. The van der Waals surface area contributed by atoms with Gasteiger partial charge in [0.05, 0.1) is 5.69 Å². The van der Waals surface area contributed by atoms with Gasteiger partial charge in [0, 0.05) is 25.2 Å². The van der Waals surface area contributed by atoms with E-state index in [0.717, 1.165) is 12.1 Å². The maximum Gasteiger partial charge on any atom is 0.0596 e. The van der Waals surface area contributed by atoms with Gasteiger partial charge in [-0.1, -0.05) is 42.5 Å². The predicted octanol–water partition coefficient (Wildman–Crippen LogP) is 3.38. The molecule has 21 heavy (non-hydrogen) atoms. The van der Waals surface area contributed by atoms with E-state index in [-0.39, 0.29) is 6.04 Å². The summed E-state index contributed by atoms with van der Waals surface area (Å²) in [4.78, 5) is 0. The molecule has 108 valence electrons. The SMILES string of the molecule is CNC(Cc1cc(C)nn1C)c1cccc2ccccc12. The van der Waals surface area contributed by atoms with Crippen LogP contribution in [0.25, 0.3) is 10.8 Å². The molecule has 0 aliphatic rings. The molecule has 0 aliphatic heterocycles. The molecular formula is C18H21N3. The van der Waals surface area contributed by atoms with Gasteiger partial charge in [-0.15, -0.1) is 0 Å². The summed E-state index contributed by atoms with van der Waals surface area (Å²) in [5.74, 6) is 0. The first-order valence-corrected chi connectivity index (χ1v) is 7.33. The highest BCUT2D eigenvalue weighted by Crippen LogP contribution is 2.26. The Morgan fingerprint density at radius 2 is 1.90 bits per heavy atom. The van der Waals surface area contributed by atoms with Gasteiger partial charge in [-0.3, -0.25) is 4.68 Å². The number of fused-ring (bicyclic) bond motifs is 1. The minimum absolute atomic E-state index is 0.283. The van der Waals surface area contributed by atoms with E-state index in [1.54, 1.807) is 0 Å². The Bertz CT molecular complexity index is 753. The zero-order valence-electron chi connectivity index (χ0n) is 12.8. The molecule has 0 bridgehead atoms.